The highest BCUT2D eigenvalue weighted by Gasteiger charge is 2.14. The van der Waals surface area contributed by atoms with Crippen LogP contribution in [0.3, 0.4) is 0 Å². The maximum Gasteiger partial charge on any atom is 0.0643 e. The van der Waals surface area contributed by atoms with Crippen LogP contribution in [0.2, 0.25) is 10.0 Å². The van der Waals surface area contributed by atoms with Gasteiger partial charge in [-0.25, -0.2) is 0 Å². The molecule has 1 unspecified atom stereocenters. The van der Waals surface area contributed by atoms with Crippen LogP contribution in [0.1, 0.15) is 22.7 Å². The molecule has 0 saturated carbocycles. The van der Waals surface area contributed by atoms with Gasteiger partial charge in [0.05, 0.1) is 16.1 Å². The maximum atomic E-state index is 6.26. The van der Waals surface area contributed by atoms with Crippen LogP contribution >= 0.6 is 39.1 Å². The van der Waals surface area contributed by atoms with E-state index in [1.54, 1.807) is 6.07 Å². The van der Waals surface area contributed by atoms with Crippen LogP contribution in [-0.2, 0) is 0 Å². The van der Waals surface area contributed by atoms with Crippen molar-refractivity contribution in [2.24, 2.45) is 5.73 Å². The fourth-order valence-electron chi connectivity index (χ4n) is 1.88. The molecule has 0 spiro atoms. The van der Waals surface area contributed by atoms with Crippen molar-refractivity contribution in [1.82, 2.24) is 0 Å². The van der Waals surface area contributed by atoms with Crippen molar-refractivity contribution in [3.8, 4) is 0 Å². The molecule has 0 saturated heterocycles. The number of halogens is 3. The average molecular weight is 345 g/mol. The molecule has 0 fully saturated rings. The van der Waals surface area contributed by atoms with Gasteiger partial charge in [0.1, 0.15) is 0 Å². The van der Waals surface area contributed by atoms with E-state index in [9.17, 15) is 0 Å². The molecule has 2 rings (SSSR count). The Morgan fingerprint density at radius 2 is 1.89 bits per heavy atom. The minimum Gasteiger partial charge on any atom is -0.320 e. The lowest BCUT2D eigenvalue weighted by atomic mass is 9.98. The predicted molar refractivity (Wildman–Crippen MR) is 81.4 cm³/mol. The van der Waals surface area contributed by atoms with Crippen molar-refractivity contribution in [1.29, 1.82) is 0 Å². The van der Waals surface area contributed by atoms with E-state index in [0.717, 1.165) is 21.2 Å². The molecule has 18 heavy (non-hydrogen) atoms. The van der Waals surface area contributed by atoms with Crippen LogP contribution < -0.4 is 5.73 Å². The van der Waals surface area contributed by atoms with Gasteiger partial charge in [-0.1, -0.05) is 57.3 Å². The molecule has 94 valence electrons. The number of aryl methyl sites for hydroxylation is 1. The first-order chi connectivity index (χ1) is 8.49. The molecule has 0 aliphatic carbocycles. The molecule has 0 heterocycles. The molecule has 1 atom stereocenters. The third-order valence-corrected chi connectivity index (χ3v) is 4.03. The van der Waals surface area contributed by atoms with Gasteiger partial charge in [-0.05, 0) is 41.8 Å². The normalized spacial score (nSPS) is 12.5. The van der Waals surface area contributed by atoms with E-state index < -0.39 is 0 Å². The van der Waals surface area contributed by atoms with Crippen LogP contribution in [0, 0.1) is 6.92 Å². The topological polar surface area (TPSA) is 26.0 Å². The maximum absolute atomic E-state index is 6.26. The fourth-order valence-corrected chi connectivity index (χ4v) is 2.94. The second kappa shape index (κ2) is 5.62. The Balaban J connectivity index is 2.47. The minimum absolute atomic E-state index is 0.285. The van der Waals surface area contributed by atoms with Gasteiger partial charge in [-0.3, -0.25) is 0 Å². The number of rotatable bonds is 2. The van der Waals surface area contributed by atoms with Crippen LogP contribution in [-0.4, -0.2) is 0 Å². The van der Waals surface area contributed by atoms with E-state index in [2.05, 4.69) is 15.9 Å². The van der Waals surface area contributed by atoms with E-state index in [1.165, 1.54) is 0 Å². The van der Waals surface area contributed by atoms with Crippen LogP contribution in [0.4, 0.5) is 0 Å². The molecule has 0 radical (unpaired) electrons. The van der Waals surface area contributed by atoms with Gasteiger partial charge in [0.2, 0.25) is 0 Å². The zero-order valence-corrected chi connectivity index (χ0v) is 12.9. The fraction of sp³-hybridized carbons (Fsp3) is 0.143. The molecule has 2 aromatic carbocycles. The van der Waals surface area contributed by atoms with E-state index in [4.69, 9.17) is 28.9 Å². The van der Waals surface area contributed by atoms with Crippen LogP contribution in [0.25, 0.3) is 0 Å². The lowest BCUT2D eigenvalue weighted by molar-refractivity contribution is 0.869. The molecule has 0 aliphatic heterocycles. The van der Waals surface area contributed by atoms with Crippen molar-refractivity contribution >= 4 is 39.1 Å². The molecule has 0 aromatic heterocycles. The molecular formula is C14H12BrCl2N. The van der Waals surface area contributed by atoms with Gasteiger partial charge < -0.3 is 5.73 Å². The van der Waals surface area contributed by atoms with Crippen LogP contribution in [0.5, 0.6) is 0 Å². The lowest BCUT2D eigenvalue weighted by Gasteiger charge is -2.16. The van der Waals surface area contributed by atoms with Gasteiger partial charge in [0.25, 0.3) is 0 Å². The lowest BCUT2D eigenvalue weighted by Crippen LogP contribution is -2.12. The summed E-state index contributed by atoms with van der Waals surface area (Å²) in [6.07, 6.45) is 0. The van der Waals surface area contributed by atoms with Gasteiger partial charge in [-0.2, -0.15) is 0 Å². The Kier molecular flexibility index (Phi) is 4.33. The standard InChI is InChI=1S/C14H12BrCl2N/c1-8-5-9(7-10(15)6-8)14(18)11-3-2-4-12(16)13(11)17/h2-7,14H,18H2,1H3. The molecule has 0 bridgehead atoms. The highest BCUT2D eigenvalue weighted by molar-refractivity contribution is 9.10. The minimum atomic E-state index is -0.285. The third kappa shape index (κ3) is 2.89. The number of hydrogen-bond donors (Lipinski definition) is 1. The second-order valence-electron chi connectivity index (χ2n) is 4.18. The predicted octanol–water partition coefficient (Wildman–Crippen LogP) is 5.11. The Labute approximate surface area is 125 Å². The summed E-state index contributed by atoms with van der Waals surface area (Å²) in [4.78, 5) is 0. The monoisotopic (exact) mass is 343 g/mol. The van der Waals surface area contributed by atoms with Crippen molar-refractivity contribution in [3.05, 3.63) is 67.6 Å². The molecule has 0 amide bonds. The number of nitrogens with two attached hydrogens (primary N) is 1. The van der Waals surface area contributed by atoms with Gasteiger partial charge in [-0.15, -0.1) is 0 Å². The summed E-state index contributed by atoms with van der Waals surface area (Å²) in [5.41, 5.74) is 9.25. The first-order valence-corrected chi connectivity index (χ1v) is 7.00. The number of benzene rings is 2. The first-order valence-electron chi connectivity index (χ1n) is 5.45. The van der Waals surface area contributed by atoms with E-state index in [-0.39, 0.29) is 6.04 Å². The largest absolute Gasteiger partial charge is 0.320 e. The summed E-state index contributed by atoms with van der Waals surface area (Å²) in [6.45, 7) is 2.03. The summed E-state index contributed by atoms with van der Waals surface area (Å²) in [6, 6.07) is 11.3. The summed E-state index contributed by atoms with van der Waals surface area (Å²) >= 11 is 15.7. The summed E-state index contributed by atoms with van der Waals surface area (Å²) in [7, 11) is 0. The SMILES string of the molecule is Cc1cc(Br)cc(C(N)c2cccc(Cl)c2Cl)c1. The van der Waals surface area contributed by atoms with Crippen LogP contribution in [0.15, 0.2) is 40.9 Å². The summed E-state index contributed by atoms with van der Waals surface area (Å²) < 4.78 is 1.01. The smallest absolute Gasteiger partial charge is 0.0643 e. The van der Waals surface area contributed by atoms with Crippen molar-refractivity contribution in [2.75, 3.05) is 0 Å². The van der Waals surface area contributed by atoms with Gasteiger partial charge in [0.15, 0.2) is 0 Å². The second-order valence-corrected chi connectivity index (χ2v) is 5.88. The quantitative estimate of drug-likeness (QED) is 0.804. The zero-order valence-electron chi connectivity index (χ0n) is 9.75. The Morgan fingerprint density at radius 1 is 1.17 bits per heavy atom. The zero-order chi connectivity index (χ0) is 13.3. The van der Waals surface area contributed by atoms with Gasteiger partial charge in [0, 0.05) is 4.47 Å². The summed E-state index contributed by atoms with van der Waals surface area (Å²) in [5, 5.41) is 1.04. The molecule has 4 heteroatoms. The van der Waals surface area contributed by atoms with Crippen molar-refractivity contribution < 1.29 is 0 Å². The Morgan fingerprint density at radius 3 is 2.56 bits per heavy atom. The molecular weight excluding hydrogens is 333 g/mol. The van der Waals surface area contributed by atoms with Crippen molar-refractivity contribution in [3.63, 3.8) is 0 Å². The Bertz CT molecular complexity index is 564. The van der Waals surface area contributed by atoms with Gasteiger partial charge >= 0.3 is 0 Å². The number of hydrogen-bond acceptors (Lipinski definition) is 1. The molecule has 2 aromatic rings. The van der Waals surface area contributed by atoms with E-state index in [0.29, 0.717) is 10.0 Å². The third-order valence-electron chi connectivity index (χ3n) is 2.74. The Hall–Kier alpha value is -0.540. The average Bonchev–Trinajstić information content (AvgIpc) is 2.30. The highest BCUT2D eigenvalue weighted by Crippen LogP contribution is 2.32. The van der Waals surface area contributed by atoms with E-state index >= 15 is 0 Å². The van der Waals surface area contributed by atoms with E-state index in [1.807, 2.05) is 37.3 Å². The molecule has 1 nitrogen and oxygen atoms in total. The first kappa shape index (κ1) is 13.9. The highest BCUT2D eigenvalue weighted by atomic mass is 79.9. The molecule has 2 N–H and O–H groups in total. The summed E-state index contributed by atoms with van der Waals surface area (Å²) in [5.74, 6) is 0. The van der Waals surface area contributed by atoms with Crippen molar-refractivity contribution in [2.45, 2.75) is 13.0 Å². The molecule has 0 aliphatic rings.